The third kappa shape index (κ3) is 1.64. The Kier molecular flexibility index (Phi) is 2.81. The fourth-order valence-electron chi connectivity index (χ4n) is 7.58. The van der Waals surface area contributed by atoms with Crippen molar-refractivity contribution in [1.29, 1.82) is 0 Å². The lowest BCUT2D eigenvalue weighted by atomic mass is 9.49. The van der Waals surface area contributed by atoms with E-state index in [2.05, 4.69) is 18.9 Å². The van der Waals surface area contributed by atoms with E-state index in [9.17, 15) is 10.2 Å². The zero-order valence-electron chi connectivity index (χ0n) is 14.0. The molecule has 5 aliphatic rings. The molecular weight excluding hydrogens is 284 g/mol. The second-order valence-corrected chi connectivity index (χ2v) is 9.26. The summed E-state index contributed by atoms with van der Waals surface area (Å²) in [5.41, 5.74) is 0.615. The first-order valence-corrected chi connectivity index (χ1v) is 9.58. The molecule has 5 rings (SSSR count). The minimum atomic E-state index is -0.855. The molecule has 0 aromatic rings. The van der Waals surface area contributed by atoms with Crippen molar-refractivity contribution in [2.45, 2.75) is 63.6 Å². The summed E-state index contributed by atoms with van der Waals surface area (Å²) >= 11 is 0. The van der Waals surface area contributed by atoms with Crippen LogP contribution in [-0.2, 0) is 0 Å². The number of terminal acetylenes is 1. The summed E-state index contributed by atoms with van der Waals surface area (Å²) in [4.78, 5) is 0. The molecule has 0 aromatic heterocycles. The van der Waals surface area contributed by atoms with Gasteiger partial charge in [0.05, 0.1) is 6.10 Å². The van der Waals surface area contributed by atoms with Gasteiger partial charge in [-0.15, -0.1) is 6.42 Å². The lowest BCUT2D eigenvalue weighted by Gasteiger charge is -2.56. The monoisotopic (exact) mass is 312 g/mol. The van der Waals surface area contributed by atoms with Crippen molar-refractivity contribution in [1.82, 2.24) is 0 Å². The number of hydrogen-bond acceptors (Lipinski definition) is 2. The van der Waals surface area contributed by atoms with Crippen LogP contribution in [0.4, 0.5) is 0 Å². The predicted octanol–water partition coefficient (Wildman–Crippen LogP) is 3.14. The molecule has 0 aromatic carbocycles. The highest BCUT2D eigenvalue weighted by molar-refractivity contribution is 5.33. The van der Waals surface area contributed by atoms with Crippen LogP contribution in [0, 0.1) is 53.3 Å². The van der Waals surface area contributed by atoms with Crippen molar-refractivity contribution < 1.29 is 10.2 Å². The quantitative estimate of drug-likeness (QED) is 0.533. The van der Waals surface area contributed by atoms with Crippen molar-refractivity contribution in [2.24, 2.45) is 40.9 Å². The molecule has 0 saturated heterocycles. The van der Waals surface area contributed by atoms with Gasteiger partial charge in [0.25, 0.3) is 0 Å². The van der Waals surface area contributed by atoms with E-state index in [4.69, 9.17) is 6.42 Å². The highest BCUT2D eigenvalue weighted by Gasteiger charge is 2.75. The van der Waals surface area contributed by atoms with E-state index in [-0.39, 0.29) is 11.5 Å². The highest BCUT2D eigenvalue weighted by Crippen LogP contribution is 2.75. The van der Waals surface area contributed by atoms with E-state index in [0.717, 1.165) is 43.9 Å². The Labute approximate surface area is 139 Å². The molecule has 0 radical (unpaired) electrons. The zero-order chi connectivity index (χ0) is 16.0. The minimum absolute atomic E-state index is 0.0636. The van der Waals surface area contributed by atoms with Crippen LogP contribution in [0.3, 0.4) is 0 Å². The van der Waals surface area contributed by atoms with Crippen molar-refractivity contribution in [3.63, 3.8) is 0 Å². The summed E-state index contributed by atoms with van der Waals surface area (Å²) in [7, 11) is 0. The van der Waals surface area contributed by atoms with Gasteiger partial charge in [-0.2, -0.15) is 0 Å². The molecule has 0 amide bonds. The van der Waals surface area contributed by atoms with Crippen LogP contribution >= 0.6 is 0 Å². The normalized spacial score (nSPS) is 59.7. The Bertz CT molecular complexity index is 616. The Morgan fingerprint density at radius 1 is 1.17 bits per heavy atom. The second kappa shape index (κ2) is 4.44. The first kappa shape index (κ1) is 14.6. The van der Waals surface area contributed by atoms with E-state index in [1.54, 1.807) is 0 Å². The largest absolute Gasteiger partial charge is 0.389 e. The third-order valence-corrected chi connectivity index (χ3v) is 8.61. The number of hydrogen-bond donors (Lipinski definition) is 2. The Morgan fingerprint density at radius 3 is 2.78 bits per heavy atom. The summed E-state index contributed by atoms with van der Waals surface area (Å²) in [5.74, 6) is 6.71. The second-order valence-electron chi connectivity index (χ2n) is 9.26. The van der Waals surface area contributed by atoms with E-state index in [1.807, 2.05) is 0 Å². The van der Waals surface area contributed by atoms with Gasteiger partial charge in [0, 0.05) is 11.3 Å². The van der Waals surface area contributed by atoms with Crippen LogP contribution in [0.1, 0.15) is 51.9 Å². The third-order valence-electron chi connectivity index (χ3n) is 8.61. The number of aliphatic hydroxyl groups is 2. The fraction of sp³-hybridized carbons (Fsp3) is 0.810. The van der Waals surface area contributed by atoms with Gasteiger partial charge >= 0.3 is 0 Å². The first-order valence-electron chi connectivity index (χ1n) is 9.58. The number of fused-ring (bicyclic) bond motifs is 7. The van der Waals surface area contributed by atoms with E-state index >= 15 is 0 Å². The van der Waals surface area contributed by atoms with Crippen molar-refractivity contribution >= 4 is 0 Å². The fourth-order valence-corrected chi connectivity index (χ4v) is 7.58. The minimum Gasteiger partial charge on any atom is -0.389 e. The summed E-state index contributed by atoms with van der Waals surface area (Å²) in [6, 6.07) is 0. The summed E-state index contributed by atoms with van der Waals surface area (Å²) in [6.45, 7) is 2.29. The Balaban J connectivity index is 1.50. The van der Waals surface area contributed by atoms with Gasteiger partial charge in [-0.3, -0.25) is 0 Å². The van der Waals surface area contributed by atoms with Gasteiger partial charge in [-0.05, 0) is 74.5 Å². The van der Waals surface area contributed by atoms with Gasteiger partial charge in [0.1, 0.15) is 5.60 Å². The van der Waals surface area contributed by atoms with Crippen LogP contribution in [0.15, 0.2) is 11.6 Å². The van der Waals surface area contributed by atoms with Crippen LogP contribution in [0.2, 0.25) is 0 Å². The van der Waals surface area contributed by atoms with Crippen LogP contribution in [0.5, 0.6) is 0 Å². The average Bonchev–Trinajstić information content (AvgIpc) is 3.30. The summed E-state index contributed by atoms with van der Waals surface area (Å²) in [5, 5.41) is 21.2. The smallest absolute Gasteiger partial charge is 0.133 e. The predicted molar refractivity (Wildman–Crippen MR) is 89.2 cm³/mol. The molecule has 124 valence electrons. The zero-order valence-corrected chi connectivity index (χ0v) is 14.0. The maximum Gasteiger partial charge on any atom is 0.133 e. The molecule has 23 heavy (non-hydrogen) atoms. The van der Waals surface area contributed by atoms with E-state index < -0.39 is 5.60 Å². The Morgan fingerprint density at radius 2 is 2.00 bits per heavy atom. The van der Waals surface area contributed by atoms with Gasteiger partial charge in [-0.25, -0.2) is 0 Å². The van der Waals surface area contributed by atoms with Crippen LogP contribution in [0.25, 0.3) is 0 Å². The van der Waals surface area contributed by atoms with Crippen LogP contribution < -0.4 is 0 Å². The van der Waals surface area contributed by atoms with Gasteiger partial charge in [0.15, 0.2) is 0 Å². The molecule has 2 N–H and O–H groups in total. The SMILES string of the molecule is C#C[C@]1(O)[C@@H]2C[C@@H]2[C@H]2[C@@H]3CCC4=C[C@@H](O)CC[C@@H]4[C@H]3CC[C@@]21C. The number of aliphatic hydroxyl groups excluding tert-OH is 1. The van der Waals surface area contributed by atoms with Gasteiger partial charge in [-0.1, -0.05) is 24.5 Å². The van der Waals surface area contributed by atoms with E-state index in [0.29, 0.717) is 23.7 Å². The Hall–Kier alpha value is -0.780. The van der Waals surface area contributed by atoms with Gasteiger partial charge in [0.2, 0.25) is 0 Å². The molecule has 0 bridgehead atoms. The molecule has 5 aliphatic carbocycles. The highest BCUT2D eigenvalue weighted by atomic mass is 16.3. The molecule has 2 nitrogen and oxygen atoms in total. The summed E-state index contributed by atoms with van der Waals surface area (Å²) in [6.07, 6.45) is 15.7. The molecule has 4 saturated carbocycles. The lowest BCUT2D eigenvalue weighted by Crippen LogP contribution is -2.54. The molecule has 2 heteroatoms. The summed E-state index contributed by atoms with van der Waals surface area (Å²) < 4.78 is 0. The maximum atomic E-state index is 11.2. The lowest BCUT2D eigenvalue weighted by molar-refractivity contribution is -0.108. The standard InChI is InChI=1S/C21H28O2/c1-3-21(23)18-11-17(18)19-16-6-4-12-10-13(22)5-7-14(12)15(16)8-9-20(19,21)2/h1,10,13-19,22-23H,4-9,11H2,2H3/t13-,14-,15+,16+,17-,18+,19+,20-,21-/m0/s1. The molecule has 0 spiro atoms. The number of rotatable bonds is 0. The molecule has 9 atom stereocenters. The maximum absolute atomic E-state index is 11.2. The van der Waals surface area contributed by atoms with Crippen molar-refractivity contribution in [3.8, 4) is 12.3 Å². The van der Waals surface area contributed by atoms with Crippen molar-refractivity contribution in [3.05, 3.63) is 11.6 Å². The van der Waals surface area contributed by atoms with Gasteiger partial charge < -0.3 is 10.2 Å². The molecular formula is C21H28O2. The molecule has 0 unspecified atom stereocenters. The number of allylic oxidation sites excluding steroid dienone is 1. The topological polar surface area (TPSA) is 40.5 Å². The van der Waals surface area contributed by atoms with E-state index in [1.165, 1.54) is 18.4 Å². The van der Waals surface area contributed by atoms with Crippen molar-refractivity contribution in [2.75, 3.05) is 0 Å². The molecule has 0 heterocycles. The molecule has 4 fully saturated rings. The first-order chi connectivity index (χ1) is 11.0. The average molecular weight is 312 g/mol. The molecule has 0 aliphatic heterocycles. The van der Waals surface area contributed by atoms with Crippen LogP contribution in [-0.4, -0.2) is 21.9 Å².